The van der Waals surface area contributed by atoms with Crippen LogP contribution in [0.5, 0.6) is 5.75 Å². The summed E-state index contributed by atoms with van der Waals surface area (Å²) in [6.07, 6.45) is 0. The number of hydrogen-bond donors (Lipinski definition) is 3. The lowest BCUT2D eigenvalue weighted by Crippen LogP contribution is -2.20. The predicted molar refractivity (Wildman–Crippen MR) is 130 cm³/mol. The standard InChI is InChI=1S/C27H24N2O4/c1-18-5-4-6-21(15-18)29-27(32)24-13-14-25(23-8-3-2-7-22(23)24)33-17-26(31)28-20-11-9-19(16-30)10-12-20/h2-15,30H,16-17H2,1H3,(H,28,31)(H,29,32). The Kier molecular flexibility index (Phi) is 6.66. The third kappa shape index (κ3) is 5.37. The lowest BCUT2D eigenvalue weighted by Gasteiger charge is -2.13. The summed E-state index contributed by atoms with van der Waals surface area (Å²) in [5.74, 6) is -0.00648. The molecule has 33 heavy (non-hydrogen) atoms. The number of carbonyl (C=O) groups is 2. The number of carbonyl (C=O) groups excluding carboxylic acids is 2. The van der Waals surface area contributed by atoms with Crippen LogP contribution in [-0.2, 0) is 11.4 Å². The van der Waals surface area contributed by atoms with Crippen LogP contribution >= 0.6 is 0 Å². The number of benzene rings is 4. The fourth-order valence-corrected chi connectivity index (χ4v) is 3.55. The van der Waals surface area contributed by atoms with Crippen molar-refractivity contribution in [2.45, 2.75) is 13.5 Å². The van der Waals surface area contributed by atoms with Crippen LogP contribution in [0.2, 0.25) is 0 Å². The molecule has 4 rings (SSSR count). The minimum atomic E-state index is -0.308. The van der Waals surface area contributed by atoms with Gasteiger partial charge in [0.05, 0.1) is 6.61 Å². The van der Waals surface area contributed by atoms with Crippen LogP contribution in [0.1, 0.15) is 21.5 Å². The van der Waals surface area contributed by atoms with Gasteiger partial charge in [0.15, 0.2) is 6.61 Å². The first-order valence-electron chi connectivity index (χ1n) is 10.6. The maximum absolute atomic E-state index is 12.9. The lowest BCUT2D eigenvalue weighted by atomic mass is 10.0. The van der Waals surface area contributed by atoms with Crippen LogP contribution in [0, 0.1) is 6.92 Å². The largest absolute Gasteiger partial charge is 0.483 e. The van der Waals surface area contributed by atoms with Crippen molar-refractivity contribution in [1.29, 1.82) is 0 Å². The smallest absolute Gasteiger partial charge is 0.262 e. The highest BCUT2D eigenvalue weighted by molar-refractivity contribution is 6.14. The second kappa shape index (κ2) is 9.97. The van der Waals surface area contributed by atoms with E-state index in [9.17, 15) is 9.59 Å². The Hall–Kier alpha value is -4.16. The first-order valence-corrected chi connectivity index (χ1v) is 10.6. The first-order chi connectivity index (χ1) is 16.0. The van der Waals surface area contributed by atoms with Crippen molar-refractivity contribution in [3.63, 3.8) is 0 Å². The zero-order valence-corrected chi connectivity index (χ0v) is 18.2. The molecule has 6 nitrogen and oxygen atoms in total. The van der Waals surface area contributed by atoms with Crippen LogP contribution in [0.15, 0.2) is 84.9 Å². The van der Waals surface area contributed by atoms with E-state index in [1.165, 1.54) is 0 Å². The highest BCUT2D eigenvalue weighted by Crippen LogP contribution is 2.29. The van der Waals surface area contributed by atoms with Gasteiger partial charge in [-0.3, -0.25) is 9.59 Å². The Morgan fingerprint density at radius 3 is 2.30 bits per heavy atom. The van der Waals surface area contributed by atoms with Gasteiger partial charge < -0.3 is 20.5 Å². The quantitative estimate of drug-likeness (QED) is 0.381. The van der Waals surface area contributed by atoms with Gasteiger partial charge in [-0.05, 0) is 59.8 Å². The van der Waals surface area contributed by atoms with E-state index in [2.05, 4.69) is 10.6 Å². The maximum atomic E-state index is 12.9. The number of fused-ring (bicyclic) bond motifs is 1. The van der Waals surface area contributed by atoms with E-state index in [0.717, 1.165) is 27.6 Å². The van der Waals surface area contributed by atoms with Crippen LogP contribution in [0.3, 0.4) is 0 Å². The molecular weight excluding hydrogens is 416 g/mol. The molecule has 0 spiro atoms. The van der Waals surface area contributed by atoms with Crippen LogP contribution in [-0.4, -0.2) is 23.5 Å². The molecule has 0 fully saturated rings. The third-order valence-electron chi connectivity index (χ3n) is 5.18. The molecule has 0 saturated carbocycles. The number of aliphatic hydroxyl groups is 1. The minimum Gasteiger partial charge on any atom is -0.483 e. The van der Waals surface area contributed by atoms with Crippen LogP contribution < -0.4 is 15.4 Å². The Morgan fingerprint density at radius 1 is 0.818 bits per heavy atom. The zero-order valence-electron chi connectivity index (χ0n) is 18.2. The number of aliphatic hydroxyl groups excluding tert-OH is 1. The molecule has 0 saturated heterocycles. The summed E-state index contributed by atoms with van der Waals surface area (Å²) in [6.45, 7) is 1.74. The fourth-order valence-electron chi connectivity index (χ4n) is 3.55. The Labute approximate surface area is 191 Å². The van der Waals surface area contributed by atoms with E-state index >= 15 is 0 Å². The highest BCUT2D eigenvalue weighted by atomic mass is 16.5. The Morgan fingerprint density at radius 2 is 1.58 bits per heavy atom. The molecule has 0 atom stereocenters. The summed E-state index contributed by atoms with van der Waals surface area (Å²) in [5.41, 5.74) is 3.70. The molecule has 0 radical (unpaired) electrons. The summed E-state index contributed by atoms with van der Waals surface area (Å²) < 4.78 is 5.78. The van der Waals surface area contributed by atoms with E-state index in [4.69, 9.17) is 9.84 Å². The Balaban J connectivity index is 1.48. The average Bonchev–Trinajstić information content (AvgIpc) is 2.83. The summed E-state index contributed by atoms with van der Waals surface area (Å²) in [6, 6.07) is 25.4. The molecule has 0 aliphatic heterocycles. The summed E-state index contributed by atoms with van der Waals surface area (Å²) in [7, 11) is 0. The van der Waals surface area contributed by atoms with Gasteiger partial charge in [-0.15, -0.1) is 0 Å². The van der Waals surface area contributed by atoms with Crippen molar-refractivity contribution in [2.75, 3.05) is 17.2 Å². The maximum Gasteiger partial charge on any atom is 0.262 e. The summed E-state index contributed by atoms with van der Waals surface area (Å²) in [5, 5.41) is 16.3. The van der Waals surface area contributed by atoms with Crippen molar-refractivity contribution in [1.82, 2.24) is 0 Å². The molecule has 0 aliphatic rings. The van der Waals surface area contributed by atoms with Crippen molar-refractivity contribution in [3.05, 3.63) is 102 Å². The zero-order chi connectivity index (χ0) is 23.2. The Bertz CT molecular complexity index is 1300. The van der Waals surface area contributed by atoms with E-state index in [0.29, 0.717) is 17.0 Å². The fraction of sp³-hybridized carbons (Fsp3) is 0.111. The molecule has 166 valence electrons. The average molecular weight is 440 g/mol. The topological polar surface area (TPSA) is 87.7 Å². The van der Waals surface area contributed by atoms with Gasteiger partial charge in [0, 0.05) is 22.3 Å². The molecule has 0 bridgehead atoms. The number of amides is 2. The van der Waals surface area contributed by atoms with Crippen molar-refractivity contribution >= 4 is 34.0 Å². The van der Waals surface area contributed by atoms with Crippen LogP contribution in [0.4, 0.5) is 11.4 Å². The third-order valence-corrected chi connectivity index (χ3v) is 5.18. The van der Waals surface area contributed by atoms with E-state index < -0.39 is 0 Å². The molecule has 4 aromatic carbocycles. The second-order valence-corrected chi connectivity index (χ2v) is 7.67. The molecule has 0 aromatic heterocycles. The molecule has 0 heterocycles. The van der Waals surface area contributed by atoms with Gasteiger partial charge in [0.1, 0.15) is 5.75 Å². The lowest BCUT2D eigenvalue weighted by molar-refractivity contribution is -0.118. The first kappa shape index (κ1) is 22.0. The van der Waals surface area contributed by atoms with Crippen molar-refractivity contribution in [2.24, 2.45) is 0 Å². The number of ether oxygens (including phenoxy) is 1. The monoisotopic (exact) mass is 440 g/mol. The molecule has 0 unspecified atom stereocenters. The molecular formula is C27H24N2O4. The number of hydrogen-bond acceptors (Lipinski definition) is 4. The normalized spacial score (nSPS) is 10.6. The van der Waals surface area contributed by atoms with Gasteiger partial charge in [-0.1, -0.05) is 48.5 Å². The summed E-state index contributed by atoms with van der Waals surface area (Å²) in [4.78, 5) is 25.3. The number of aryl methyl sites for hydroxylation is 1. The summed E-state index contributed by atoms with van der Waals surface area (Å²) >= 11 is 0. The van der Waals surface area contributed by atoms with E-state index in [1.807, 2.05) is 55.5 Å². The molecule has 6 heteroatoms. The molecule has 3 N–H and O–H groups in total. The van der Waals surface area contributed by atoms with Crippen molar-refractivity contribution < 1.29 is 19.4 Å². The van der Waals surface area contributed by atoms with E-state index in [1.54, 1.807) is 36.4 Å². The molecule has 4 aromatic rings. The SMILES string of the molecule is Cc1cccc(NC(=O)c2ccc(OCC(=O)Nc3ccc(CO)cc3)c3ccccc23)c1. The van der Waals surface area contributed by atoms with Crippen LogP contribution in [0.25, 0.3) is 10.8 Å². The predicted octanol–water partition coefficient (Wildman–Crippen LogP) is 4.91. The number of rotatable bonds is 7. The van der Waals surface area contributed by atoms with E-state index in [-0.39, 0.29) is 25.0 Å². The number of anilines is 2. The molecule has 0 aliphatic carbocycles. The van der Waals surface area contributed by atoms with Gasteiger partial charge in [0.25, 0.3) is 11.8 Å². The highest BCUT2D eigenvalue weighted by Gasteiger charge is 2.14. The van der Waals surface area contributed by atoms with Crippen molar-refractivity contribution in [3.8, 4) is 5.75 Å². The molecule has 2 amide bonds. The number of nitrogens with one attached hydrogen (secondary N) is 2. The van der Waals surface area contributed by atoms with Gasteiger partial charge in [-0.2, -0.15) is 0 Å². The van der Waals surface area contributed by atoms with Gasteiger partial charge in [-0.25, -0.2) is 0 Å². The van der Waals surface area contributed by atoms with Gasteiger partial charge in [0.2, 0.25) is 0 Å². The second-order valence-electron chi connectivity index (χ2n) is 7.67. The van der Waals surface area contributed by atoms with Gasteiger partial charge >= 0.3 is 0 Å². The minimum absolute atomic E-state index is 0.0522.